The number of esters is 1. The summed E-state index contributed by atoms with van der Waals surface area (Å²) in [6.07, 6.45) is -0.936. The SMILES string of the molecule is Cc1nc2sc(C(=O)O[C@@H](C)C(=O)NC(C)(C)C)c(C)c2c(=O)[nH]1. The Kier molecular flexibility index (Phi) is 4.80. The van der Waals surface area contributed by atoms with Gasteiger partial charge in [-0.25, -0.2) is 9.78 Å². The van der Waals surface area contributed by atoms with Crippen molar-refractivity contribution in [1.82, 2.24) is 15.3 Å². The molecule has 2 N–H and O–H groups in total. The standard InChI is InChI=1S/C16H21N3O4S/c1-7-10-13(21)17-9(3)18-14(10)24-11(7)15(22)23-8(2)12(20)19-16(4,5)6/h8H,1-6H3,(H,19,20)(H,17,18,21)/t8-/m0/s1. The van der Waals surface area contributed by atoms with Crippen LogP contribution in [-0.4, -0.2) is 33.5 Å². The van der Waals surface area contributed by atoms with E-state index in [2.05, 4.69) is 15.3 Å². The zero-order chi connectivity index (χ0) is 18.2. The van der Waals surface area contributed by atoms with Crippen molar-refractivity contribution >= 4 is 33.4 Å². The zero-order valence-electron chi connectivity index (χ0n) is 14.6. The number of rotatable bonds is 3. The highest BCUT2D eigenvalue weighted by Crippen LogP contribution is 2.27. The first kappa shape index (κ1) is 18.1. The van der Waals surface area contributed by atoms with Gasteiger partial charge in [-0.2, -0.15) is 0 Å². The van der Waals surface area contributed by atoms with Gasteiger partial charge in [0.25, 0.3) is 11.5 Å². The van der Waals surface area contributed by atoms with E-state index in [1.165, 1.54) is 6.92 Å². The second kappa shape index (κ2) is 6.35. The molecule has 1 atom stereocenters. The van der Waals surface area contributed by atoms with Crippen molar-refractivity contribution in [2.24, 2.45) is 0 Å². The minimum Gasteiger partial charge on any atom is -0.448 e. The van der Waals surface area contributed by atoms with Crippen LogP contribution in [0.3, 0.4) is 0 Å². The second-order valence-corrected chi connectivity index (χ2v) is 7.67. The number of hydrogen-bond donors (Lipinski definition) is 2. The van der Waals surface area contributed by atoms with E-state index in [0.29, 0.717) is 21.6 Å². The molecule has 2 heterocycles. The van der Waals surface area contributed by atoms with Crippen LogP contribution in [0.1, 0.15) is 48.8 Å². The molecule has 0 unspecified atom stereocenters. The molecule has 0 bridgehead atoms. The van der Waals surface area contributed by atoms with Crippen LogP contribution in [0.15, 0.2) is 4.79 Å². The lowest BCUT2D eigenvalue weighted by Crippen LogP contribution is -2.46. The molecule has 1 amide bonds. The fourth-order valence-electron chi connectivity index (χ4n) is 2.18. The van der Waals surface area contributed by atoms with Gasteiger partial charge in [0.2, 0.25) is 0 Å². The lowest BCUT2D eigenvalue weighted by Gasteiger charge is -2.23. The molecule has 0 radical (unpaired) electrons. The third-order valence-electron chi connectivity index (χ3n) is 3.26. The van der Waals surface area contributed by atoms with Crippen LogP contribution in [0.4, 0.5) is 0 Å². The Balaban J connectivity index is 2.26. The van der Waals surface area contributed by atoms with Crippen LogP contribution in [0.2, 0.25) is 0 Å². The molecule has 130 valence electrons. The first-order chi connectivity index (χ1) is 11.0. The van der Waals surface area contributed by atoms with Crippen molar-refractivity contribution in [1.29, 1.82) is 0 Å². The van der Waals surface area contributed by atoms with E-state index in [0.717, 1.165) is 11.3 Å². The molecule has 8 heteroatoms. The van der Waals surface area contributed by atoms with E-state index in [4.69, 9.17) is 4.74 Å². The normalized spacial score (nSPS) is 12.9. The van der Waals surface area contributed by atoms with Gasteiger partial charge in [-0.05, 0) is 47.1 Å². The van der Waals surface area contributed by atoms with Gasteiger partial charge >= 0.3 is 5.97 Å². The number of aromatic amines is 1. The lowest BCUT2D eigenvalue weighted by atomic mass is 10.1. The monoisotopic (exact) mass is 351 g/mol. The van der Waals surface area contributed by atoms with Crippen LogP contribution in [0, 0.1) is 13.8 Å². The van der Waals surface area contributed by atoms with Crippen molar-refractivity contribution in [2.75, 3.05) is 0 Å². The largest absolute Gasteiger partial charge is 0.448 e. The summed E-state index contributed by atoms with van der Waals surface area (Å²) in [5, 5.41) is 3.13. The summed E-state index contributed by atoms with van der Waals surface area (Å²) in [6, 6.07) is 0. The highest BCUT2D eigenvalue weighted by molar-refractivity contribution is 7.20. The number of ether oxygens (including phenoxy) is 1. The van der Waals surface area contributed by atoms with E-state index in [1.54, 1.807) is 13.8 Å². The summed E-state index contributed by atoms with van der Waals surface area (Å²) in [4.78, 5) is 44.1. The Hall–Kier alpha value is -2.22. The molecule has 0 aliphatic heterocycles. The fraction of sp³-hybridized carbons (Fsp3) is 0.500. The number of aromatic nitrogens is 2. The Morgan fingerprint density at radius 3 is 2.50 bits per heavy atom. The molecule has 0 saturated heterocycles. The summed E-state index contributed by atoms with van der Waals surface area (Å²) in [5.74, 6) is -0.530. The quantitative estimate of drug-likeness (QED) is 0.824. The highest BCUT2D eigenvalue weighted by Gasteiger charge is 2.26. The van der Waals surface area contributed by atoms with Crippen molar-refractivity contribution in [3.05, 3.63) is 26.6 Å². The molecule has 0 fully saturated rings. The minimum atomic E-state index is -0.936. The van der Waals surface area contributed by atoms with Crippen molar-refractivity contribution in [3.63, 3.8) is 0 Å². The van der Waals surface area contributed by atoms with Crippen LogP contribution in [0.5, 0.6) is 0 Å². The van der Waals surface area contributed by atoms with E-state index >= 15 is 0 Å². The number of aryl methyl sites for hydroxylation is 2. The van der Waals surface area contributed by atoms with Crippen LogP contribution in [0.25, 0.3) is 10.2 Å². The van der Waals surface area contributed by atoms with Gasteiger partial charge in [-0.3, -0.25) is 9.59 Å². The van der Waals surface area contributed by atoms with Crippen molar-refractivity contribution in [2.45, 2.75) is 53.2 Å². The molecule has 0 aromatic carbocycles. The first-order valence-electron chi connectivity index (χ1n) is 7.52. The molecule has 2 rings (SSSR count). The maximum absolute atomic E-state index is 12.4. The van der Waals surface area contributed by atoms with Gasteiger partial charge in [0.1, 0.15) is 15.5 Å². The molecule has 0 saturated carbocycles. The number of fused-ring (bicyclic) bond motifs is 1. The predicted octanol–water partition coefficient (Wildman–Crippen LogP) is 2.06. The summed E-state index contributed by atoms with van der Waals surface area (Å²) < 4.78 is 5.24. The number of nitrogens with one attached hydrogen (secondary N) is 2. The van der Waals surface area contributed by atoms with Gasteiger partial charge in [-0.15, -0.1) is 11.3 Å². The molecule has 0 spiro atoms. The Labute approximate surface area is 143 Å². The summed E-state index contributed by atoms with van der Waals surface area (Å²) in [6.45, 7) is 10.4. The first-order valence-corrected chi connectivity index (χ1v) is 8.34. The average Bonchev–Trinajstić information content (AvgIpc) is 2.73. The van der Waals surface area contributed by atoms with Crippen LogP contribution < -0.4 is 10.9 Å². The molecule has 7 nitrogen and oxygen atoms in total. The number of hydrogen-bond acceptors (Lipinski definition) is 6. The van der Waals surface area contributed by atoms with Gasteiger partial charge in [0, 0.05) is 5.54 Å². The fourth-order valence-corrected chi connectivity index (χ4v) is 3.30. The van der Waals surface area contributed by atoms with Gasteiger partial charge < -0.3 is 15.0 Å². The zero-order valence-corrected chi connectivity index (χ0v) is 15.4. The molecule has 0 aliphatic carbocycles. The summed E-state index contributed by atoms with van der Waals surface area (Å²) >= 11 is 1.09. The molecule has 2 aromatic heterocycles. The summed E-state index contributed by atoms with van der Waals surface area (Å²) in [7, 11) is 0. The molecular weight excluding hydrogens is 330 g/mol. The predicted molar refractivity (Wildman–Crippen MR) is 92.5 cm³/mol. The molecule has 24 heavy (non-hydrogen) atoms. The number of amides is 1. The average molecular weight is 351 g/mol. The second-order valence-electron chi connectivity index (χ2n) is 6.67. The molecule has 2 aromatic rings. The van der Waals surface area contributed by atoms with Crippen LogP contribution in [-0.2, 0) is 9.53 Å². The topological polar surface area (TPSA) is 101 Å². The maximum Gasteiger partial charge on any atom is 0.349 e. The summed E-state index contributed by atoms with van der Waals surface area (Å²) in [5.41, 5.74) is -0.193. The van der Waals surface area contributed by atoms with Gasteiger partial charge in [0.15, 0.2) is 6.10 Å². The number of thiophene rings is 1. The number of carbonyl (C=O) groups excluding carboxylic acids is 2. The van der Waals surface area contributed by atoms with Crippen molar-refractivity contribution < 1.29 is 14.3 Å². The number of nitrogens with zero attached hydrogens (tertiary/aromatic N) is 1. The smallest absolute Gasteiger partial charge is 0.349 e. The number of carbonyl (C=O) groups is 2. The Bertz CT molecular complexity index is 861. The van der Waals surface area contributed by atoms with E-state index in [9.17, 15) is 14.4 Å². The van der Waals surface area contributed by atoms with Crippen molar-refractivity contribution in [3.8, 4) is 0 Å². The molecular formula is C16H21N3O4S. The van der Waals surface area contributed by atoms with Gasteiger partial charge in [0.05, 0.1) is 5.39 Å². The van der Waals surface area contributed by atoms with E-state index in [1.807, 2.05) is 20.8 Å². The van der Waals surface area contributed by atoms with Crippen LogP contribution >= 0.6 is 11.3 Å². The maximum atomic E-state index is 12.4. The lowest BCUT2D eigenvalue weighted by molar-refractivity contribution is -0.130. The highest BCUT2D eigenvalue weighted by atomic mass is 32.1. The molecule has 0 aliphatic rings. The Morgan fingerprint density at radius 2 is 1.92 bits per heavy atom. The van der Waals surface area contributed by atoms with Gasteiger partial charge in [-0.1, -0.05) is 0 Å². The Morgan fingerprint density at radius 1 is 1.29 bits per heavy atom. The van der Waals surface area contributed by atoms with E-state index < -0.39 is 17.6 Å². The number of H-pyrrole nitrogens is 1. The minimum absolute atomic E-state index is 0.281. The third-order valence-corrected chi connectivity index (χ3v) is 4.42. The van der Waals surface area contributed by atoms with E-state index in [-0.39, 0.29) is 16.3 Å². The third kappa shape index (κ3) is 3.81.